The van der Waals surface area contributed by atoms with Crippen molar-refractivity contribution in [2.75, 3.05) is 13.1 Å². The number of halogens is 1. The maximum atomic E-state index is 13.9. The minimum atomic E-state index is -1.03. The molecule has 0 aliphatic carbocycles. The summed E-state index contributed by atoms with van der Waals surface area (Å²) in [6, 6.07) is 16.3. The molecule has 1 aliphatic heterocycles. The number of fused-ring (bicyclic) bond motifs is 1. The SMILES string of the molecule is CCN(CC)C(=O)C1=C(C)N=c2s/c(=C/c3ccc(-c4cccc(C(=O)O)c4)o3)c(=O)n2[C@H]1c1ccc(Cl)cc1. The summed E-state index contributed by atoms with van der Waals surface area (Å²) in [6.45, 7) is 6.68. The number of likely N-dealkylation sites (N-methyl/N-ethyl adjacent to an activating group) is 1. The average Bonchev–Trinajstić information content (AvgIpc) is 3.53. The van der Waals surface area contributed by atoms with Crippen LogP contribution in [0.25, 0.3) is 17.4 Å². The van der Waals surface area contributed by atoms with Crippen molar-refractivity contribution in [3.63, 3.8) is 0 Å². The molecule has 5 rings (SSSR count). The number of hydrogen-bond acceptors (Lipinski definition) is 6. The topological polar surface area (TPSA) is 105 Å². The van der Waals surface area contributed by atoms with Gasteiger partial charge in [-0.2, -0.15) is 0 Å². The maximum absolute atomic E-state index is 13.9. The van der Waals surface area contributed by atoms with E-state index in [2.05, 4.69) is 4.99 Å². The summed E-state index contributed by atoms with van der Waals surface area (Å²) in [7, 11) is 0. The van der Waals surface area contributed by atoms with Crippen molar-refractivity contribution in [3.8, 4) is 11.3 Å². The largest absolute Gasteiger partial charge is 0.478 e. The molecule has 4 aromatic rings. The summed E-state index contributed by atoms with van der Waals surface area (Å²) < 4.78 is 7.90. The van der Waals surface area contributed by atoms with Gasteiger partial charge in [-0.3, -0.25) is 14.2 Å². The first-order valence-electron chi connectivity index (χ1n) is 12.7. The Morgan fingerprint density at radius 3 is 2.52 bits per heavy atom. The highest BCUT2D eigenvalue weighted by atomic mass is 35.5. The fraction of sp³-hybridized carbons (Fsp3) is 0.200. The number of hydrogen-bond donors (Lipinski definition) is 1. The number of carbonyl (C=O) groups excluding carboxylic acids is 1. The number of carboxylic acid groups (broad SMARTS) is 1. The third kappa shape index (κ3) is 5.05. The van der Waals surface area contributed by atoms with Gasteiger partial charge in [-0.25, -0.2) is 9.79 Å². The standard InChI is InChI=1S/C30H26ClN3O5S/c1-4-33(5-2)28(36)25-17(3)32-30-34(26(25)18-9-11-21(31)12-10-18)27(35)24(40-30)16-22-13-14-23(39-22)19-7-6-8-20(15-19)29(37)38/h6-16,26H,4-5H2,1-3H3,(H,37,38)/b24-16+/t26-/m0/s1. The number of benzene rings is 2. The van der Waals surface area contributed by atoms with E-state index in [0.717, 1.165) is 5.56 Å². The summed E-state index contributed by atoms with van der Waals surface area (Å²) >= 11 is 7.37. The lowest BCUT2D eigenvalue weighted by Crippen LogP contribution is -2.43. The van der Waals surface area contributed by atoms with Crippen molar-refractivity contribution in [2.24, 2.45) is 4.99 Å². The number of aromatic nitrogens is 1. The Kier molecular flexibility index (Phi) is 7.60. The molecule has 204 valence electrons. The highest BCUT2D eigenvalue weighted by molar-refractivity contribution is 7.07. The Hall–Kier alpha value is -4.21. The van der Waals surface area contributed by atoms with Crippen molar-refractivity contribution < 1.29 is 19.1 Å². The van der Waals surface area contributed by atoms with Crippen molar-refractivity contribution in [1.29, 1.82) is 0 Å². The molecule has 0 radical (unpaired) electrons. The molecule has 0 saturated heterocycles. The van der Waals surface area contributed by atoms with Gasteiger partial charge in [0.1, 0.15) is 11.5 Å². The quantitative estimate of drug-likeness (QED) is 0.343. The predicted molar refractivity (Wildman–Crippen MR) is 154 cm³/mol. The Balaban J connectivity index is 1.62. The molecule has 1 N–H and O–H groups in total. The van der Waals surface area contributed by atoms with E-state index in [9.17, 15) is 19.5 Å². The Morgan fingerprint density at radius 1 is 1.12 bits per heavy atom. The summed E-state index contributed by atoms with van der Waals surface area (Å²) in [4.78, 5) is 45.7. The van der Waals surface area contributed by atoms with Crippen LogP contribution >= 0.6 is 22.9 Å². The van der Waals surface area contributed by atoms with E-state index in [-0.39, 0.29) is 17.0 Å². The minimum Gasteiger partial charge on any atom is -0.478 e. The van der Waals surface area contributed by atoms with Crippen molar-refractivity contribution in [3.05, 3.63) is 114 Å². The second-order valence-corrected chi connectivity index (χ2v) is 10.6. The van der Waals surface area contributed by atoms with Crippen LogP contribution in [0.1, 0.15) is 48.5 Å². The van der Waals surface area contributed by atoms with Gasteiger partial charge in [0.15, 0.2) is 4.80 Å². The van der Waals surface area contributed by atoms with Crippen molar-refractivity contribution >= 4 is 40.9 Å². The van der Waals surface area contributed by atoms with E-state index in [1.807, 2.05) is 26.0 Å². The van der Waals surface area contributed by atoms with Crippen LogP contribution in [-0.2, 0) is 4.79 Å². The fourth-order valence-corrected chi connectivity index (χ4v) is 5.91. The first kappa shape index (κ1) is 27.4. The van der Waals surface area contributed by atoms with E-state index < -0.39 is 12.0 Å². The lowest BCUT2D eigenvalue weighted by Gasteiger charge is -2.29. The van der Waals surface area contributed by atoms with E-state index in [4.69, 9.17) is 16.0 Å². The molecule has 1 amide bonds. The van der Waals surface area contributed by atoms with Gasteiger partial charge in [-0.1, -0.05) is 47.2 Å². The molecule has 2 aromatic carbocycles. The number of carboxylic acids is 1. The van der Waals surface area contributed by atoms with E-state index in [0.29, 0.717) is 55.8 Å². The molecule has 2 aromatic heterocycles. The summed E-state index contributed by atoms with van der Waals surface area (Å²) in [6.07, 6.45) is 1.64. The Morgan fingerprint density at radius 2 is 1.85 bits per heavy atom. The minimum absolute atomic E-state index is 0.149. The molecule has 8 nitrogen and oxygen atoms in total. The number of nitrogens with zero attached hydrogens (tertiary/aromatic N) is 3. The third-order valence-electron chi connectivity index (χ3n) is 6.78. The fourth-order valence-electron chi connectivity index (χ4n) is 4.76. The highest BCUT2D eigenvalue weighted by Gasteiger charge is 2.34. The zero-order valence-electron chi connectivity index (χ0n) is 22.1. The molecule has 0 saturated carbocycles. The predicted octanol–water partition coefficient (Wildman–Crippen LogP) is 4.72. The van der Waals surface area contributed by atoms with Crippen LogP contribution in [0.15, 0.2) is 86.1 Å². The van der Waals surface area contributed by atoms with Crippen LogP contribution in [0.5, 0.6) is 0 Å². The van der Waals surface area contributed by atoms with Crippen LogP contribution in [0.2, 0.25) is 5.02 Å². The number of rotatable bonds is 7. The number of thiazole rings is 1. The van der Waals surface area contributed by atoms with Gasteiger partial charge < -0.3 is 14.4 Å². The molecule has 1 atom stereocenters. The molecule has 40 heavy (non-hydrogen) atoms. The van der Waals surface area contributed by atoms with E-state index in [1.165, 1.54) is 23.5 Å². The second kappa shape index (κ2) is 11.1. The monoisotopic (exact) mass is 575 g/mol. The van der Waals surface area contributed by atoms with Gasteiger partial charge in [0.05, 0.1) is 27.4 Å². The van der Waals surface area contributed by atoms with Gasteiger partial charge in [-0.05, 0) is 62.7 Å². The van der Waals surface area contributed by atoms with Crippen LogP contribution in [-0.4, -0.2) is 39.5 Å². The second-order valence-electron chi connectivity index (χ2n) is 9.20. The van der Waals surface area contributed by atoms with E-state index >= 15 is 0 Å². The van der Waals surface area contributed by atoms with Crippen LogP contribution in [0, 0.1) is 0 Å². The van der Waals surface area contributed by atoms with Gasteiger partial charge in [0, 0.05) is 29.8 Å². The zero-order valence-corrected chi connectivity index (χ0v) is 23.6. The lowest BCUT2D eigenvalue weighted by molar-refractivity contribution is -0.127. The summed E-state index contributed by atoms with van der Waals surface area (Å²) in [5.74, 6) is -0.290. The van der Waals surface area contributed by atoms with Gasteiger partial charge in [0.2, 0.25) is 0 Å². The first-order valence-corrected chi connectivity index (χ1v) is 13.9. The van der Waals surface area contributed by atoms with Gasteiger partial charge in [-0.15, -0.1) is 0 Å². The molecule has 3 heterocycles. The molecule has 0 spiro atoms. The molecule has 0 unspecified atom stereocenters. The highest BCUT2D eigenvalue weighted by Crippen LogP contribution is 2.32. The smallest absolute Gasteiger partial charge is 0.335 e. The Labute approximate surface area is 238 Å². The molecular weight excluding hydrogens is 550 g/mol. The molecule has 0 fully saturated rings. The average molecular weight is 576 g/mol. The van der Waals surface area contributed by atoms with Gasteiger partial charge in [0.25, 0.3) is 11.5 Å². The van der Waals surface area contributed by atoms with Crippen molar-refractivity contribution in [2.45, 2.75) is 26.8 Å². The first-order chi connectivity index (χ1) is 19.2. The van der Waals surface area contributed by atoms with Crippen LogP contribution < -0.4 is 14.9 Å². The zero-order chi connectivity index (χ0) is 28.6. The van der Waals surface area contributed by atoms with Crippen LogP contribution in [0.3, 0.4) is 0 Å². The van der Waals surface area contributed by atoms with Crippen molar-refractivity contribution in [1.82, 2.24) is 9.47 Å². The van der Waals surface area contributed by atoms with E-state index in [1.54, 1.807) is 58.9 Å². The molecule has 0 bridgehead atoms. The maximum Gasteiger partial charge on any atom is 0.335 e. The summed E-state index contributed by atoms with van der Waals surface area (Å²) in [5, 5.41) is 9.85. The molecular formula is C30H26ClN3O5S. The Bertz CT molecular complexity index is 1830. The number of aromatic carboxylic acids is 1. The van der Waals surface area contributed by atoms with Gasteiger partial charge >= 0.3 is 5.97 Å². The number of furan rings is 1. The normalized spacial score (nSPS) is 15.1. The lowest BCUT2D eigenvalue weighted by atomic mass is 9.94. The number of carbonyl (C=O) groups is 2. The molecule has 1 aliphatic rings. The van der Waals surface area contributed by atoms with Crippen LogP contribution in [0.4, 0.5) is 0 Å². The number of amides is 1. The number of allylic oxidation sites excluding steroid dienone is 1. The summed E-state index contributed by atoms with van der Waals surface area (Å²) in [5.41, 5.74) is 2.22. The third-order valence-corrected chi connectivity index (χ3v) is 8.02. The molecule has 10 heteroatoms.